The van der Waals surface area contributed by atoms with Crippen molar-refractivity contribution < 1.29 is 23.0 Å². The number of carbonyl (C=O) groups is 1. The van der Waals surface area contributed by atoms with Crippen molar-refractivity contribution in [3.8, 4) is 0 Å². The lowest BCUT2D eigenvalue weighted by Gasteiger charge is -2.28. The molecule has 0 aliphatic carbocycles. The number of sulfonamides is 1. The molecule has 1 aromatic rings. The number of rotatable bonds is 5. The molecular formula is C14H18N4O6S. The second-order valence-electron chi connectivity index (χ2n) is 5.63. The van der Waals surface area contributed by atoms with Crippen molar-refractivity contribution >= 4 is 27.5 Å². The zero-order valence-electron chi connectivity index (χ0n) is 13.5. The highest BCUT2D eigenvalue weighted by molar-refractivity contribution is 7.88. The molecule has 2 rings (SSSR count). The van der Waals surface area contributed by atoms with Crippen LogP contribution in [0.15, 0.2) is 29.4 Å². The fourth-order valence-corrected chi connectivity index (χ4v) is 3.27. The maximum absolute atomic E-state index is 12.0. The fraction of sp³-hybridized carbons (Fsp3) is 0.429. The van der Waals surface area contributed by atoms with E-state index in [1.54, 1.807) is 0 Å². The molecular weight excluding hydrogens is 352 g/mol. The predicted molar refractivity (Wildman–Crippen MR) is 89.1 cm³/mol. The van der Waals surface area contributed by atoms with Crippen LogP contribution in [0.25, 0.3) is 0 Å². The van der Waals surface area contributed by atoms with E-state index in [1.807, 2.05) is 0 Å². The number of piperidine rings is 1. The van der Waals surface area contributed by atoms with Crippen LogP contribution in [-0.4, -0.2) is 48.8 Å². The van der Waals surface area contributed by atoms with E-state index >= 15 is 0 Å². The Kier molecular flexibility index (Phi) is 5.69. The summed E-state index contributed by atoms with van der Waals surface area (Å²) in [7, 11) is -3.26. The topological polar surface area (TPSA) is 145 Å². The molecule has 0 radical (unpaired) electrons. The Bertz CT molecular complexity index is 782. The molecule has 0 amide bonds. The minimum absolute atomic E-state index is 0.0863. The molecule has 25 heavy (non-hydrogen) atoms. The predicted octanol–water partition coefficient (Wildman–Crippen LogP) is 0.430. The number of non-ortho nitro benzene ring substituents is 1. The van der Waals surface area contributed by atoms with Gasteiger partial charge >= 0.3 is 5.97 Å². The number of amidine groups is 1. The van der Waals surface area contributed by atoms with Crippen LogP contribution < -0.4 is 5.73 Å². The minimum Gasteiger partial charge on any atom is -0.380 e. The van der Waals surface area contributed by atoms with Gasteiger partial charge in [-0.05, 0) is 25.0 Å². The Balaban J connectivity index is 1.92. The van der Waals surface area contributed by atoms with E-state index in [0.717, 1.165) is 6.26 Å². The fourth-order valence-electron chi connectivity index (χ4n) is 2.40. The summed E-state index contributed by atoms with van der Waals surface area (Å²) in [4.78, 5) is 26.9. The average molecular weight is 370 g/mol. The maximum atomic E-state index is 12.0. The summed E-state index contributed by atoms with van der Waals surface area (Å²) >= 11 is 0. The molecule has 1 aliphatic heterocycles. The Morgan fingerprint density at radius 1 is 1.32 bits per heavy atom. The average Bonchev–Trinajstić information content (AvgIpc) is 2.58. The van der Waals surface area contributed by atoms with E-state index in [-0.39, 0.29) is 24.6 Å². The van der Waals surface area contributed by atoms with Crippen LogP contribution in [0.4, 0.5) is 5.69 Å². The molecule has 1 aromatic carbocycles. The third kappa shape index (κ3) is 4.97. The zero-order chi connectivity index (χ0) is 18.6. The Hall–Kier alpha value is -2.53. The van der Waals surface area contributed by atoms with Gasteiger partial charge in [-0.25, -0.2) is 17.5 Å². The van der Waals surface area contributed by atoms with E-state index < -0.39 is 26.8 Å². The van der Waals surface area contributed by atoms with Crippen molar-refractivity contribution in [3.05, 3.63) is 39.9 Å². The van der Waals surface area contributed by atoms with Gasteiger partial charge in [0, 0.05) is 30.8 Å². The van der Waals surface area contributed by atoms with Gasteiger partial charge in [-0.15, -0.1) is 0 Å². The summed E-state index contributed by atoms with van der Waals surface area (Å²) in [5.74, 6) is -1.12. The first-order valence-electron chi connectivity index (χ1n) is 7.43. The summed E-state index contributed by atoms with van der Waals surface area (Å²) in [5, 5.41) is 14.1. The lowest BCUT2D eigenvalue weighted by Crippen LogP contribution is -2.39. The van der Waals surface area contributed by atoms with Crippen molar-refractivity contribution in [3.63, 3.8) is 0 Å². The molecule has 0 bridgehead atoms. The van der Waals surface area contributed by atoms with Crippen LogP contribution in [0.2, 0.25) is 0 Å². The van der Waals surface area contributed by atoms with Gasteiger partial charge in [0.25, 0.3) is 5.69 Å². The van der Waals surface area contributed by atoms with Gasteiger partial charge in [-0.2, -0.15) is 0 Å². The van der Waals surface area contributed by atoms with Crippen LogP contribution in [0.5, 0.6) is 0 Å². The van der Waals surface area contributed by atoms with E-state index in [0.29, 0.717) is 18.4 Å². The van der Waals surface area contributed by atoms with Crippen molar-refractivity contribution in [1.29, 1.82) is 0 Å². The molecule has 1 fully saturated rings. The molecule has 0 unspecified atom stereocenters. The summed E-state index contributed by atoms with van der Waals surface area (Å²) in [6, 6.07) is 5.33. The molecule has 0 saturated carbocycles. The molecule has 0 spiro atoms. The van der Waals surface area contributed by atoms with Gasteiger partial charge in [0.15, 0.2) is 5.84 Å². The highest BCUT2D eigenvalue weighted by Gasteiger charge is 2.30. The Labute approximate surface area is 144 Å². The maximum Gasteiger partial charge on any atom is 0.338 e. The number of carbonyl (C=O) groups excluding carboxylic acids is 1. The zero-order valence-corrected chi connectivity index (χ0v) is 14.3. The summed E-state index contributed by atoms with van der Waals surface area (Å²) in [6.45, 7) is 0.500. The van der Waals surface area contributed by atoms with Gasteiger partial charge in [-0.3, -0.25) is 10.1 Å². The molecule has 0 atom stereocenters. The first kappa shape index (κ1) is 18.8. The van der Waals surface area contributed by atoms with Crippen molar-refractivity contribution in [2.45, 2.75) is 12.8 Å². The van der Waals surface area contributed by atoms with Gasteiger partial charge < -0.3 is 10.6 Å². The smallest absolute Gasteiger partial charge is 0.338 e. The van der Waals surface area contributed by atoms with E-state index in [1.165, 1.54) is 28.6 Å². The number of nitro benzene ring substituents is 1. The third-order valence-electron chi connectivity index (χ3n) is 3.86. The molecule has 1 aliphatic rings. The quantitative estimate of drug-likeness (QED) is 0.260. The highest BCUT2D eigenvalue weighted by atomic mass is 32.2. The van der Waals surface area contributed by atoms with E-state index in [4.69, 9.17) is 10.6 Å². The largest absolute Gasteiger partial charge is 0.380 e. The van der Waals surface area contributed by atoms with Gasteiger partial charge in [0.05, 0.1) is 17.1 Å². The molecule has 136 valence electrons. The monoisotopic (exact) mass is 370 g/mol. The standard InChI is InChI=1S/C14H18N4O6S/c1-25(22,23)17-8-6-11(7-9-17)14(19)24-16-13(15)10-2-4-12(5-3-10)18(20)21/h2-5,11H,6-9H2,1H3,(H2,15,16). The third-order valence-corrected chi connectivity index (χ3v) is 5.17. The highest BCUT2D eigenvalue weighted by Crippen LogP contribution is 2.20. The van der Waals surface area contributed by atoms with Crippen molar-refractivity contribution in [2.75, 3.05) is 19.3 Å². The number of nitrogens with two attached hydrogens (primary N) is 1. The SMILES string of the molecule is CS(=O)(=O)N1CCC(C(=O)O/N=C(\N)c2ccc([N+](=O)[O-])cc2)CC1. The molecule has 2 N–H and O–H groups in total. The van der Waals surface area contributed by atoms with Crippen LogP contribution in [0.1, 0.15) is 18.4 Å². The summed E-state index contributed by atoms with van der Waals surface area (Å²) < 4.78 is 24.2. The Morgan fingerprint density at radius 3 is 2.36 bits per heavy atom. The number of hydrogen-bond acceptors (Lipinski definition) is 7. The molecule has 11 heteroatoms. The Morgan fingerprint density at radius 2 is 1.88 bits per heavy atom. The second-order valence-corrected chi connectivity index (χ2v) is 7.61. The summed E-state index contributed by atoms with van der Waals surface area (Å²) in [6.07, 6.45) is 1.82. The normalized spacial score (nSPS) is 17.2. The lowest BCUT2D eigenvalue weighted by atomic mass is 9.99. The van der Waals surface area contributed by atoms with Crippen LogP contribution in [0.3, 0.4) is 0 Å². The van der Waals surface area contributed by atoms with E-state index in [9.17, 15) is 23.3 Å². The molecule has 1 heterocycles. The first-order chi connectivity index (χ1) is 11.7. The molecule has 1 saturated heterocycles. The van der Waals surface area contributed by atoms with Crippen molar-refractivity contribution in [2.24, 2.45) is 16.8 Å². The van der Waals surface area contributed by atoms with Crippen LogP contribution in [-0.2, 0) is 19.7 Å². The minimum atomic E-state index is -3.26. The second kappa shape index (κ2) is 7.57. The number of nitrogens with zero attached hydrogens (tertiary/aromatic N) is 3. The number of benzene rings is 1. The number of hydrogen-bond donors (Lipinski definition) is 1. The van der Waals surface area contributed by atoms with Gasteiger partial charge in [0.1, 0.15) is 0 Å². The van der Waals surface area contributed by atoms with Crippen molar-refractivity contribution in [1.82, 2.24) is 4.31 Å². The van der Waals surface area contributed by atoms with Gasteiger partial charge in [0.2, 0.25) is 10.0 Å². The number of oxime groups is 1. The van der Waals surface area contributed by atoms with Crippen LogP contribution in [0, 0.1) is 16.0 Å². The van der Waals surface area contributed by atoms with E-state index in [2.05, 4.69) is 5.16 Å². The molecule has 0 aromatic heterocycles. The first-order valence-corrected chi connectivity index (χ1v) is 9.27. The lowest BCUT2D eigenvalue weighted by molar-refractivity contribution is -0.384. The molecule has 10 nitrogen and oxygen atoms in total. The number of nitro groups is 1. The summed E-state index contributed by atoms with van der Waals surface area (Å²) in [5.41, 5.74) is 5.98. The van der Waals surface area contributed by atoms with Crippen LogP contribution >= 0.6 is 0 Å². The van der Waals surface area contributed by atoms with Gasteiger partial charge in [-0.1, -0.05) is 5.16 Å².